The fourth-order valence-electron chi connectivity index (χ4n) is 6.24. The Kier molecular flexibility index (Phi) is 12.5. The normalized spacial score (nSPS) is 11.2. The number of methoxy groups -OCH3 is 1. The summed E-state index contributed by atoms with van der Waals surface area (Å²) in [5.74, 6) is 1.09. The lowest BCUT2D eigenvalue weighted by molar-refractivity contribution is -0.137. The Labute approximate surface area is 285 Å². The number of carboxylic acids is 1. The van der Waals surface area contributed by atoms with E-state index in [2.05, 4.69) is 88.8 Å². The summed E-state index contributed by atoms with van der Waals surface area (Å²) in [7, 11) is 14.0. The van der Waals surface area contributed by atoms with Crippen LogP contribution in [0.15, 0.2) is 52.9 Å². The third-order valence-electron chi connectivity index (χ3n) is 8.97. The maximum absolute atomic E-state index is 12.6. The Balaban J connectivity index is 1.69. The van der Waals surface area contributed by atoms with Gasteiger partial charge in [0.05, 0.1) is 24.6 Å². The number of carboxylic acid groups (broad SMARTS) is 1. The highest BCUT2D eigenvalue weighted by Crippen LogP contribution is 2.47. The number of carbonyl (C=O) groups is 2. The van der Waals surface area contributed by atoms with Crippen molar-refractivity contribution in [1.29, 1.82) is 0 Å². The Hall–Kier alpha value is -4.53. The third kappa shape index (κ3) is 8.68. The Bertz CT molecular complexity index is 1770. The third-order valence-corrected chi connectivity index (χ3v) is 8.97. The van der Waals surface area contributed by atoms with E-state index in [-0.39, 0.29) is 12.2 Å². The SMILES string of the molecule is CCN(CCCC(=O)CCCCCCC(=O)O)c1cc(OC)c(-c2c3ccc(=[N+](C)C)cc-3oc3cc(N(C)C)ccc23)cc1N(C)C. The van der Waals surface area contributed by atoms with Gasteiger partial charge in [0.1, 0.15) is 37.0 Å². The first-order chi connectivity index (χ1) is 22.9. The van der Waals surface area contributed by atoms with E-state index in [1.165, 1.54) is 0 Å². The molecule has 0 bridgehead atoms. The predicted octanol–water partition coefficient (Wildman–Crippen LogP) is 6.98. The Morgan fingerprint density at radius 1 is 0.812 bits per heavy atom. The first-order valence-electron chi connectivity index (χ1n) is 17.0. The number of unbranched alkanes of at least 4 members (excludes halogenated alkanes) is 3. The molecule has 2 aliphatic rings. The molecular weight excluding hydrogens is 604 g/mol. The first-order valence-corrected chi connectivity index (χ1v) is 17.0. The maximum atomic E-state index is 12.6. The highest BCUT2D eigenvalue weighted by atomic mass is 16.5. The van der Waals surface area contributed by atoms with Gasteiger partial charge in [0.15, 0.2) is 0 Å². The van der Waals surface area contributed by atoms with Crippen molar-refractivity contribution in [3.05, 3.63) is 53.9 Å². The van der Waals surface area contributed by atoms with Crippen LogP contribution >= 0.6 is 0 Å². The molecule has 4 rings (SSSR count). The highest BCUT2D eigenvalue weighted by Gasteiger charge is 2.24. The second-order valence-electron chi connectivity index (χ2n) is 13.1. The van der Waals surface area contributed by atoms with Crippen LogP contribution in [0.2, 0.25) is 0 Å². The Morgan fingerprint density at radius 2 is 1.52 bits per heavy atom. The zero-order valence-corrected chi connectivity index (χ0v) is 30.1. The summed E-state index contributed by atoms with van der Waals surface area (Å²) in [6, 6.07) is 17.1. The molecule has 9 nitrogen and oxygen atoms in total. The van der Waals surface area contributed by atoms with E-state index in [0.717, 1.165) is 100 Å². The standard InChI is InChI=1S/C39H52N4O5/c1-9-43(22-14-16-29(44)15-12-10-11-13-17-38(45)46)34-26-35(47-8)32(25-33(34)42(6)7)39-30-20-18-27(40(2)3)23-36(30)48-37-24-28(41(4)5)19-21-31(37)39/h18-21,23-26H,9-17,22H2,1-8H3/p+1. The average Bonchev–Trinajstić information content (AvgIpc) is 3.05. The largest absolute Gasteiger partial charge is 0.496 e. The second-order valence-corrected chi connectivity index (χ2v) is 13.1. The van der Waals surface area contributed by atoms with Gasteiger partial charge in [-0.15, -0.1) is 0 Å². The molecule has 0 spiro atoms. The zero-order chi connectivity index (χ0) is 35.0. The molecule has 0 saturated heterocycles. The minimum Gasteiger partial charge on any atom is -0.496 e. The van der Waals surface area contributed by atoms with Crippen LogP contribution in [-0.4, -0.2) is 79.3 Å². The molecule has 1 aliphatic heterocycles. The summed E-state index contributed by atoms with van der Waals surface area (Å²) in [5.41, 5.74) is 7.05. The fraction of sp³-hybridized carbons (Fsp3) is 0.462. The molecule has 1 aliphatic carbocycles. The number of hydrogen-bond donors (Lipinski definition) is 1. The van der Waals surface area contributed by atoms with Crippen molar-refractivity contribution in [2.24, 2.45) is 0 Å². The number of hydrogen-bond acceptors (Lipinski definition) is 7. The van der Waals surface area contributed by atoms with Gasteiger partial charge in [-0.2, -0.15) is 0 Å². The molecule has 9 heteroatoms. The fourth-order valence-corrected chi connectivity index (χ4v) is 6.24. The molecule has 0 aromatic heterocycles. The summed E-state index contributed by atoms with van der Waals surface area (Å²) >= 11 is 0. The van der Waals surface area contributed by atoms with E-state index in [1.807, 2.05) is 28.2 Å². The molecule has 0 amide bonds. The van der Waals surface area contributed by atoms with Crippen molar-refractivity contribution in [2.45, 2.75) is 58.3 Å². The number of benzene rings is 3. The summed E-state index contributed by atoms with van der Waals surface area (Å²) in [5, 5.41) is 10.9. The Morgan fingerprint density at radius 3 is 2.15 bits per heavy atom. The number of aliphatic carboxylic acids is 1. The number of anilines is 3. The van der Waals surface area contributed by atoms with E-state index >= 15 is 0 Å². The molecule has 258 valence electrons. The van der Waals surface area contributed by atoms with Crippen molar-refractivity contribution in [1.82, 2.24) is 4.58 Å². The first kappa shape index (κ1) is 36.3. The van der Waals surface area contributed by atoms with Gasteiger partial charge in [-0.25, -0.2) is 4.58 Å². The molecule has 0 atom stereocenters. The van der Waals surface area contributed by atoms with Crippen molar-refractivity contribution in [3.8, 4) is 28.2 Å². The quantitative estimate of drug-likeness (QED) is 0.0740. The molecule has 0 unspecified atom stereocenters. The summed E-state index contributed by atoms with van der Waals surface area (Å²) in [4.78, 5) is 29.9. The summed E-state index contributed by atoms with van der Waals surface area (Å²) in [6.07, 6.45) is 5.30. The van der Waals surface area contributed by atoms with Crippen LogP contribution in [0.4, 0.5) is 17.1 Å². The van der Waals surface area contributed by atoms with Crippen molar-refractivity contribution in [2.75, 3.05) is 77.2 Å². The van der Waals surface area contributed by atoms with E-state index in [1.54, 1.807) is 7.11 Å². The smallest absolute Gasteiger partial charge is 0.303 e. The lowest BCUT2D eigenvalue weighted by Gasteiger charge is -2.30. The van der Waals surface area contributed by atoms with Crippen LogP contribution in [0, 0.1) is 0 Å². The molecule has 1 heterocycles. The lowest BCUT2D eigenvalue weighted by atomic mass is 9.92. The van der Waals surface area contributed by atoms with Crippen LogP contribution in [0.5, 0.6) is 5.75 Å². The van der Waals surface area contributed by atoms with Gasteiger partial charge in [0.25, 0.3) is 0 Å². The number of nitrogens with zero attached hydrogens (tertiary/aromatic N) is 4. The van der Waals surface area contributed by atoms with E-state index in [0.29, 0.717) is 19.3 Å². The molecule has 2 aromatic carbocycles. The van der Waals surface area contributed by atoms with Crippen LogP contribution in [-0.2, 0) is 9.59 Å². The molecule has 0 saturated carbocycles. The number of fused-ring (bicyclic) bond motifs is 2. The van der Waals surface area contributed by atoms with Gasteiger partial charge in [-0.3, -0.25) is 9.59 Å². The number of ketones is 1. The van der Waals surface area contributed by atoms with Crippen LogP contribution < -0.4 is 29.4 Å². The lowest BCUT2D eigenvalue weighted by Crippen LogP contribution is -2.27. The van der Waals surface area contributed by atoms with Crippen LogP contribution in [0.1, 0.15) is 58.3 Å². The van der Waals surface area contributed by atoms with Crippen molar-refractivity contribution in [3.63, 3.8) is 0 Å². The topological polar surface area (TPSA) is 89.5 Å². The van der Waals surface area contributed by atoms with Crippen molar-refractivity contribution >= 4 is 39.8 Å². The van der Waals surface area contributed by atoms with Gasteiger partial charge in [-0.05, 0) is 50.5 Å². The maximum Gasteiger partial charge on any atom is 0.303 e. The van der Waals surface area contributed by atoms with Gasteiger partial charge in [-0.1, -0.05) is 12.8 Å². The number of ether oxygens (including phenoxy) is 1. The van der Waals surface area contributed by atoms with E-state index in [9.17, 15) is 9.59 Å². The molecule has 0 fully saturated rings. The number of carbonyl (C=O) groups excluding carboxylic acids is 1. The monoisotopic (exact) mass is 657 g/mol. The minimum absolute atomic E-state index is 0.199. The van der Waals surface area contributed by atoms with E-state index in [4.69, 9.17) is 14.3 Å². The van der Waals surface area contributed by atoms with Crippen LogP contribution in [0.3, 0.4) is 0 Å². The second kappa shape index (κ2) is 16.5. The van der Waals surface area contributed by atoms with Crippen LogP contribution in [0.25, 0.3) is 33.4 Å². The van der Waals surface area contributed by atoms with Gasteiger partial charge in [0, 0.05) is 107 Å². The zero-order valence-electron chi connectivity index (χ0n) is 30.1. The molecule has 48 heavy (non-hydrogen) atoms. The average molecular weight is 658 g/mol. The molecule has 2 aromatic rings. The van der Waals surface area contributed by atoms with Gasteiger partial charge in [0.2, 0.25) is 5.36 Å². The molecular formula is C39H53N4O5+. The number of Topliss-reactive ketones (excluding diaryl/α,β-unsaturated/α-hetero) is 1. The van der Waals surface area contributed by atoms with Gasteiger partial charge >= 0.3 is 5.97 Å². The highest BCUT2D eigenvalue weighted by molar-refractivity contribution is 6.05. The predicted molar refractivity (Wildman–Crippen MR) is 198 cm³/mol. The summed E-state index contributed by atoms with van der Waals surface area (Å²) in [6.45, 7) is 3.68. The summed E-state index contributed by atoms with van der Waals surface area (Å²) < 4.78 is 14.8. The molecule has 1 N–H and O–H groups in total. The van der Waals surface area contributed by atoms with Gasteiger partial charge < -0.3 is 29.0 Å². The van der Waals surface area contributed by atoms with E-state index < -0.39 is 5.97 Å². The van der Waals surface area contributed by atoms with Crippen molar-refractivity contribution < 1.29 is 23.8 Å². The minimum atomic E-state index is -0.758. The molecule has 0 radical (unpaired) electrons. The number of rotatable bonds is 17.